The predicted octanol–water partition coefficient (Wildman–Crippen LogP) is 1.39. The van der Waals surface area contributed by atoms with Crippen LogP contribution in [-0.2, 0) is 9.53 Å². The smallest absolute Gasteiger partial charge is 0.149 e. The number of aldehydes is 1. The number of ether oxygens (including phenoxy) is 1. The van der Waals surface area contributed by atoms with Crippen LogP contribution in [0.2, 0.25) is 0 Å². The second kappa shape index (κ2) is 2.70. The number of hydrogen-bond acceptors (Lipinski definition) is 2. The zero-order chi connectivity index (χ0) is 7.61. The highest BCUT2D eigenvalue weighted by molar-refractivity contribution is 5.57. The van der Waals surface area contributed by atoms with Gasteiger partial charge in [0.1, 0.15) is 12.4 Å². The van der Waals surface area contributed by atoms with E-state index in [1.54, 1.807) is 0 Å². The summed E-state index contributed by atoms with van der Waals surface area (Å²) in [6, 6.07) is 0. The first-order valence-electron chi connectivity index (χ1n) is 3.74. The summed E-state index contributed by atoms with van der Waals surface area (Å²) in [4.78, 5) is 10.5. The lowest BCUT2D eigenvalue weighted by atomic mass is 9.81. The fraction of sp³-hybridized carbons (Fsp3) is 0.875. The number of hydrogen-bond donors (Lipinski definition) is 0. The summed E-state index contributed by atoms with van der Waals surface area (Å²) in [6.07, 6.45) is 2.91. The molecule has 2 nitrogen and oxygen atoms in total. The molecule has 0 aromatic carbocycles. The van der Waals surface area contributed by atoms with Crippen LogP contribution in [0, 0.1) is 5.41 Å². The Balaban J connectivity index is 2.59. The van der Waals surface area contributed by atoms with E-state index in [1.165, 1.54) is 0 Å². The molecule has 2 heteroatoms. The van der Waals surface area contributed by atoms with Crippen LogP contribution in [0.1, 0.15) is 26.7 Å². The highest BCUT2D eigenvalue weighted by Gasteiger charge is 2.32. The lowest BCUT2D eigenvalue weighted by molar-refractivity contribution is -0.131. The first-order valence-corrected chi connectivity index (χ1v) is 3.74. The van der Waals surface area contributed by atoms with Gasteiger partial charge in [-0.3, -0.25) is 0 Å². The zero-order valence-corrected chi connectivity index (χ0v) is 6.59. The molecule has 0 aromatic heterocycles. The zero-order valence-electron chi connectivity index (χ0n) is 6.59. The molecule has 1 unspecified atom stereocenters. The lowest BCUT2D eigenvalue weighted by Crippen LogP contribution is -2.37. The molecule has 0 spiro atoms. The van der Waals surface area contributed by atoms with E-state index in [-0.39, 0.29) is 11.5 Å². The Morgan fingerprint density at radius 2 is 2.30 bits per heavy atom. The van der Waals surface area contributed by atoms with Crippen LogP contribution in [-0.4, -0.2) is 19.0 Å². The van der Waals surface area contributed by atoms with Gasteiger partial charge < -0.3 is 9.53 Å². The van der Waals surface area contributed by atoms with Gasteiger partial charge in [0, 0.05) is 6.61 Å². The van der Waals surface area contributed by atoms with Gasteiger partial charge in [-0.05, 0) is 18.3 Å². The molecule has 1 heterocycles. The lowest BCUT2D eigenvalue weighted by Gasteiger charge is -2.34. The average molecular weight is 142 g/mol. The second-order valence-corrected chi connectivity index (χ2v) is 3.52. The van der Waals surface area contributed by atoms with Crippen molar-refractivity contribution in [2.75, 3.05) is 6.61 Å². The van der Waals surface area contributed by atoms with Crippen molar-refractivity contribution >= 4 is 6.29 Å². The molecule has 10 heavy (non-hydrogen) atoms. The first-order chi connectivity index (χ1) is 4.67. The maximum atomic E-state index is 10.5. The van der Waals surface area contributed by atoms with E-state index in [0.29, 0.717) is 0 Å². The molecule has 1 fully saturated rings. The van der Waals surface area contributed by atoms with Crippen LogP contribution >= 0.6 is 0 Å². The summed E-state index contributed by atoms with van der Waals surface area (Å²) in [5.41, 5.74) is 0.0556. The molecule has 58 valence electrons. The van der Waals surface area contributed by atoms with Crippen molar-refractivity contribution in [1.82, 2.24) is 0 Å². The minimum atomic E-state index is -0.179. The third-order valence-corrected chi connectivity index (χ3v) is 2.16. The van der Waals surface area contributed by atoms with Gasteiger partial charge in [-0.2, -0.15) is 0 Å². The highest BCUT2D eigenvalue weighted by Crippen LogP contribution is 2.31. The summed E-state index contributed by atoms with van der Waals surface area (Å²) in [6.45, 7) is 4.89. The predicted molar refractivity (Wildman–Crippen MR) is 38.8 cm³/mol. The first kappa shape index (κ1) is 7.73. The van der Waals surface area contributed by atoms with Crippen LogP contribution in [0.3, 0.4) is 0 Å². The maximum Gasteiger partial charge on any atom is 0.149 e. The van der Waals surface area contributed by atoms with E-state index >= 15 is 0 Å². The van der Waals surface area contributed by atoms with Gasteiger partial charge in [-0.1, -0.05) is 13.8 Å². The van der Waals surface area contributed by atoms with Gasteiger partial charge in [0.25, 0.3) is 0 Å². The third-order valence-electron chi connectivity index (χ3n) is 2.16. The molecule has 1 aliphatic heterocycles. The molecule has 0 bridgehead atoms. The molecule has 0 aromatic rings. The van der Waals surface area contributed by atoms with E-state index in [0.717, 1.165) is 25.7 Å². The Hall–Kier alpha value is -0.370. The van der Waals surface area contributed by atoms with E-state index in [1.807, 2.05) is 0 Å². The second-order valence-electron chi connectivity index (χ2n) is 3.52. The van der Waals surface area contributed by atoms with Gasteiger partial charge >= 0.3 is 0 Å². The molecular weight excluding hydrogens is 128 g/mol. The normalized spacial score (nSPS) is 31.6. The van der Waals surface area contributed by atoms with Crippen molar-refractivity contribution in [3.05, 3.63) is 0 Å². The average Bonchev–Trinajstić information content (AvgIpc) is 1.87. The van der Waals surface area contributed by atoms with Crippen molar-refractivity contribution in [2.45, 2.75) is 32.8 Å². The molecule has 1 atom stereocenters. The highest BCUT2D eigenvalue weighted by atomic mass is 16.5. The van der Waals surface area contributed by atoms with Gasteiger partial charge in [-0.25, -0.2) is 0 Å². The fourth-order valence-electron chi connectivity index (χ4n) is 1.33. The summed E-state index contributed by atoms with van der Waals surface area (Å²) < 4.78 is 5.27. The van der Waals surface area contributed by atoms with E-state index in [4.69, 9.17) is 4.74 Å². The Labute approximate surface area is 61.6 Å². The molecule has 0 amide bonds. The molecule has 0 saturated carbocycles. The Morgan fingerprint density at radius 3 is 2.70 bits per heavy atom. The van der Waals surface area contributed by atoms with Crippen molar-refractivity contribution in [1.29, 1.82) is 0 Å². The Kier molecular flexibility index (Phi) is 2.09. The van der Waals surface area contributed by atoms with Crippen LogP contribution < -0.4 is 0 Å². The van der Waals surface area contributed by atoms with Crippen molar-refractivity contribution in [3.63, 3.8) is 0 Å². The third kappa shape index (κ3) is 1.37. The number of carbonyl (C=O) groups excluding carboxylic acids is 1. The summed E-state index contributed by atoms with van der Waals surface area (Å²) >= 11 is 0. The number of rotatable bonds is 1. The topological polar surface area (TPSA) is 26.3 Å². The molecule has 0 N–H and O–H groups in total. The van der Waals surface area contributed by atoms with Crippen molar-refractivity contribution in [3.8, 4) is 0 Å². The summed E-state index contributed by atoms with van der Waals surface area (Å²) in [7, 11) is 0. The maximum absolute atomic E-state index is 10.5. The molecule has 0 radical (unpaired) electrons. The molecular formula is C8H14O2. The fourth-order valence-corrected chi connectivity index (χ4v) is 1.33. The SMILES string of the molecule is CC1(C)CCCOC1C=O. The van der Waals surface area contributed by atoms with E-state index in [2.05, 4.69) is 13.8 Å². The number of carbonyl (C=O) groups is 1. The van der Waals surface area contributed by atoms with Gasteiger partial charge in [0.2, 0.25) is 0 Å². The minimum absolute atomic E-state index is 0.0556. The van der Waals surface area contributed by atoms with Gasteiger partial charge in [-0.15, -0.1) is 0 Å². The quantitative estimate of drug-likeness (QED) is 0.517. The summed E-state index contributed by atoms with van der Waals surface area (Å²) in [5.74, 6) is 0. The molecule has 1 saturated heterocycles. The van der Waals surface area contributed by atoms with Crippen LogP contribution in [0.4, 0.5) is 0 Å². The molecule has 1 rings (SSSR count). The van der Waals surface area contributed by atoms with Crippen molar-refractivity contribution in [2.24, 2.45) is 5.41 Å². The monoisotopic (exact) mass is 142 g/mol. The van der Waals surface area contributed by atoms with Gasteiger partial charge in [0.05, 0.1) is 0 Å². The minimum Gasteiger partial charge on any atom is -0.370 e. The van der Waals surface area contributed by atoms with Crippen LogP contribution in [0.25, 0.3) is 0 Å². The van der Waals surface area contributed by atoms with Crippen molar-refractivity contribution < 1.29 is 9.53 Å². The standard InChI is InChI=1S/C8H14O2/c1-8(2)4-3-5-10-7(8)6-9/h6-7H,3-5H2,1-2H3. The summed E-state index contributed by atoms with van der Waals surface area (Å²) in [5, 5.41) is 0. The van der Waals surface area contributed by atoms with E-state index in [9.17, 15) is 4.79 Å². The van der Waals surface area contributed by atoms with Gasteiger partial charge in [0.15, 0.2) is 0 Å². The largest absolute Gasteiger partial charge is 0.370 e. The van der Waals surface area contributed by atoms with Crippen LogP contribution in [0.15, 0.2) is 0 Å². The Bertz CT molecular complexity index is 129. The van der Waals surface area contributed by atoms with Crippen LogP contribution in [0.5, 0.6) is 0 Å². The molecule has 0 aliphatic carbocycles. The Morgan fingerprint density at radius 1 is 1.60 bits per heavy atom. The van der Waals surface area contributed by atoms with E-state index < -0.39 is 0 Å². The molecule has 1 aliphatic rings.